The predicted octanol–water partition coefficient (Wildman–Crippen LogP) is 3.65. The van der Waals surface area contributed by atoms with Crippen molar-refractivity contribution in [3.05, 3.63) is 59.4 Å². The van der Waals surface area contributed by atoms with E-state index in [1.807, 2.05) is 74.9 Å². The summed E-state index contributed by atoms with van der Waals surface area (Å²) in [6, 6.07) is 13.0. The van der Waals surface area contributed by atoms with E-state index in [0.29, 0.717) is 22.4 Å². The number of benzene rings is 2. The highest BCUT2D eigenvalue weighted by Gasteiger charge is 2.32. The first-order chi connectivity index (χ1) is 15.3. The number of fused-ring (bicyclic) bond motifs is 1. The number of para-hydroxylation sites is 2. The quantitative estimate of drug-likeness (QED) is 0.576. The molecule has 2 heterocycles. The molecule has 1 N–H and O–H groups in total. The lowest BCUT2D eigenvalue weighted by Gasteiger charge is -2.33. The zero-order valence-corrected chi connectivity index (χ0v) is 19.3. The van der Waals surface area contributed by atoms with E-state index in [9.17, 15) is 9.59 Å². The summed E-state index contributed by atoms with van der Waals surface area (Å²) in [4.78, 5) is 26.8. The van der Waals surface area contributed by atoms with Crippen LogP contribution in [0.25, 0.3) is 0 Å². The predicted molar refractivity (Wildman–Crippen MR) is 124 cm³/mol. The third kappa shape index (κ3) is 4.34. The van der Waals surface area contributed by atoms with E-state index >= 15 is 0 Å². The summed E-state index contributed by atoms with van der Waals surface area (Å²) < 4.78 is 7.36. The molecule has 1 aliphatic heterocycles. The van der Waals surface area contributed by atoms with Gasteiger partial charge in [-0.2, -0.15) is 0 Å². The highest BCUT2D eigenvalue weighted by atomic mass is 32.2. The third-order valence-electron chi connectivity index (χ3n) is 5.37. The number of amides is 2. The molecule has 4 rings (SSSR count). The molecule has 0 spiro atoms. The summed E-state index contributed by atoms with van der Waals surface area (Å²) >= 11 is 1.30. The maximum Gasteiger partial charge on any atom is 0.265 e. The van der Waals surface area contributed by atoms with Crippen molar-refractivity contribution in [2.24, 2.45) is 7.05 Å². The van der Waals surface area contributed by atoms with Crippen LogP contribution in [0.5, 0.6) is 5.75 Å². The average Bonchev–Trinajstić information content (AvgIpc) is 3.14. The summed E-state index contributed by atoms with van der Waals surface area (Å²) in [5.41, 5.74) is 3.62. The normalized spacial score (nSPS) is 14.0. The van der Waals surface area contributed by atoms with Crippen LogP contribution in [0.15, 0.2) is 47.6 Å². The number of hydrogen-bond donors (Lipinski definition) is 1. The van der Waals surface area contributed by atoms with Crippen LogP contribution < -0.4 is 15.0 Å². The molecular weight excluding hydrogens is 426 g/mol. The molecule has 8 nitrogen and oxygen atoms in total. The van der Waals surface area contributed by atoms with Crippen molar-refractivity contribution in [2.75, 3.05) is 22.6 Å². The lowest BCUT2D eigenvalue weighted by Crippen LogP contribution is -2.41. The van der Waals surface area contributed by atoms with Gasteiger partial charge in [-0.05, 0) is 50.1 Å². The van der Waals surface area contributed by atoms with Gasteiger partial charge in [0.1, 0.15) is 5.75 Å². The Kier molecular flexibility index (Phi) is 6.18. The van der Waals surface area contributed by atoms with Gasteiger partial charge in [0, 0.05) is 12.7 Å². The van der Waals surface area contributed by atoms with Gasteiger partial charge >= 0.3 is 0 Å². The van der Waals surface area contributed by atoms with Crippen LogP contribution >= 0.6 is 11.8 Å². The summed E-state index contributed by atoms with van der Waals surface area (Å²) in [5, 5.41) is 12.1. The first-order valence-electron chi connectivity index (χ1n) is 10.3. The summed E-state index contributed by atoms with van der Waals surface area (Å²) in [7, 11) is 1.84. The second-order valence-electron chi connectivity index (χ2n) is 7.75. The zero-order chi connectivity index (χ0) is 22.8. The van der Waals surface area contributed by atoms with E-state index in [2.05, 4.69) is 15.5 Å². The van der Waals surface area contributed by atoms with Crippen molar-refractivity contribution in [3.63, 3.8) is 0 Å². The molecule has 0 saturated carbocycles. The number of carbonyl (C=O) groups is 2. The number of ether oxygens (including phenoxy) is 1. The van der Waals surface area contributed by atoms with Crippen LogP contribution in [-0.4, -0.2) is 38.9 Å². The number of carbonyl (C=O) groups excluding carboxylic acids is 2. The van der Waals surface area contributed by atoms with Crippen LogP contribution in [0, 0.1) is 13.8 Å². The van der Waals surface area contributed by atoms with Gasteiger partial charge in [-0.1, -0.05) is 36.0 Å². The number of nitrogens with zero attached hydrogens (tertiary/aromatic N) is 4. The van der Waals surface area contributed by atoms with E-state index in [4.69, 9.17) is 4.74 Å². The van der Waals surface area contributed by atoms with Gasteiger partial charge in [0.15, 0.2) is 17.6 Å². The van der Waals surface area contributed by atoms with Crippen molar-refractivity contribution in [2.45, 2.75) is 32.0 Å². The molecule has 0 fully saturated rings. The lowest BCUT2D eigenvalue weighted by molar-refractivity contribution is -0.121. The van der Waals surface area contributed by atoms with Gasteiger partial charge in [0.2, 0.25) is 5.91 Å². The van der Waals surface area contributed by atoms with Crippen LogP contribution in [0.3, 0.4) is 0 Å². The molecule has 1 unspecified atom stereocenters. The molecule has 1 aromatic heterocycles. The van der Waals surface area contributed by atoms with Gasteiger partial charge in [-0.25, -0.2) is 0 Å². The number of hydrogen-bond acceptors (Lipinski definition) is 6. The van der Waals surface area contributed by atoms with E-state index in [1.54, 1.807) is 4.90 Å². The molecule has 0 radical (unpaired) electrons. The molecule has 2 aromatic carbocycles. The van der Waals surface area contributed by atoms with E-state index in [0.717, 1.165) is 16.8 Å². The van der Waals surface area contributed by atoms with Gasteiger partial charge < -0.3 is 14.6 Å². The number of anilines is 2. The average molecular weight is 452 g/mol. The second-order valence-corrected chi connectivity index (χ2v) is 8.69. The smallest absolute Gasteiger partial charge is 0.265 e. The van der Waals surface area contributed by atoms with Crippen molar-refractivity contribution in [3.8, 4) is 5.75 Å². The van der Waals surface area contributed by atoms with Gasteiger partial charge in [0.05, 0.1) is 17.5 Å². The molecular formula is C23H25N5O3S. The summed E-state index contributed by atoms with van der Waals surface area (Å²) in [6.07, 6.45) is 0. The molecule has 1 aliphatic rings. The fourth-order valence-corrected chi connectivity index (χ4v) is 4.38. The molecule has 9 heteroatoms. The number of aromatic nitrogens is 3. The van der Waals surface area contributed by atoms with Gasteiger partial charge in [-0.15, -0.1) is 10.2 Å². The van der Waals surface area contributed by atoms with Crippen molar-refractivity contribution in [1.29, 1.82) is 0 Å². The Balaban J connectivity index is 1.46. The monoisotopic (exact) mass is 451 g/mol. The van der Waals surface area contributed by atoms with Crippen LogP contribution in [-0.2, 0) is 16.6 Å². The molecule has 0 bridgehead atoms. The van der Waals surface area contributed by atoms with Crippen molar-refractivity contribution in [1.82, 2.24) is 14.8 Å². The SMILES string of the molecule is Cc1ccc(C)c(NC(=O)CSc2nnc(C(C)N3C(=O)COc4ccccc43)n2C)c1. The van der Waals surface area contributed by atoms with Gasteiger partial charge in [-0.3, -0.25) is 14.5 Å². The molecule has 0 saturated heterocycles. The molecule has 32 heavy (non-hydrogen) atoms. The molecule has 166 valence electrons. The van der Waals surface area contributed by atoms with Crippen molar-refractivity contribution < 1.29 is 14.3 Å². The molecule has 0 aliphatic carbocycles. The minimum atomic E-state index is -0.344. The van der Waals surface area contributed by atoms with Crippen LogP contribution in [0.2, 0.25) is 0 Å². The molecule has 3 aromatic rings. The standard InChI is InChI=1S/C23H25N5O3S/c1-14-9-10-15(2)17(11-14)24-20(29)13-32-23-26-25-22(27(23)4)16(3)28-18-7-5-6-8-19(18)31-12-21(28)30/h5-11,16H,12-13H2,1-4H3,(H,24,29). The Bertz CT molecular complexity index is 1180. The topological polar surface area (TPSA) is 89.3 Å². The highest BCUT2D eigenvalue weighted by Crippen LogP contribution is 2.37. The highest BCUT2D eigenvalue weighted by molar-refractivity contribution is 7.99. The maximum atomic E-state index is 12.6. The number of rotatable bonds is 6. The maximum absolute atomic E-state index is 12.6. The zero-order valence-electron chi connectivity index (χ0n) is 18.5. The van der Waals surface area contributed by atoms with E-state index in [-0.39, 0.29) is 30.2 Å². The van der Waals surface area contributed by atoms with Crippen LogP contribution in [0.4, 0.5) is 11.4 Å². The first kappa shape index (κ1) is 21.9. The van der Waals surface area contributed by atoms with E-state index in [1.165, 1.54) is 11.8 Å². The fraction of sp³-hybridized carbons (Fsp3) is 0.304. The molecule has 1 atom stereocenters. The minimum absolute atomic E-state index is 0.0145. The lowest BCUT2D eigenvalue weighted by atomic mass is 10.1. The Morgan fingerprint density at radius 3 is 2.81 bits per heavy atom. The molecule has 2 amide bonds. The van der Waals surface area contributed by atoms with Gasteiger partial charge in [0.25, 0.3) is 5.91 Å². The minimum Gasteiger partial charge on any atom is -0.482 e. The Labute approximate surface area is 191 Å². The third-order valence-corrected chi connectivity index (χ3v) is 6.39. The summed E-state index contributed by atoms with van der Waals surface area (Å²) in [6.45, 7) is 5.85. The summed E-state index contributed by atoms with van der Waals surface area (Å²) in [5.74, 6) is 1.25. The second kappa shape index (κ2) is 9.04. The first-order valence-corrected chi connectivity index (χ1v) is 11.3. The largest absolute Gasteiger partial charge is 0.482 e. The fourth-order valence-electron chi connectivity index (χ4n) is 3.66. The Morgan fingerprint density at radius 2 is 2.00 bits per heavy atom. The number of nitrogens with one attached hydrogen (secondary N) is 1. The number of aryl methyl sites for hydroxylation is 2. The Morgan fingerprint density at radius 1 is 1.22 bits per heavy atom. The van der Waals surface area contributed by atoms with Crippen molar-refractivity contribution >= 4 is 35.0 Å². The van der Waals surface area contributed by atoms with E-state index < -0.39 is 0 Å². The van der Waals surface area contributed by atoms with Crippen LogP contribution in [0.1, 0.15) is 29.9 Å². The number of thioether (sulfide) groups is 1. The Hall–Kier alpha value is -3.33.